The van der Waals surface area contributed by atoms with Crippen molar-refractivity contribution in [3.8, 4) is 5.69 Å². The maximum Gasteiger partial charge on any atom is 0.341 e. The zero-order valence-corrected chi connectivity index (χ0v) is 20.5. The summed E-state index contributed by atoms with van der Waals surface area (Å²) in [7, 11) is 0. The van der Waals surface area contributed by atoms with Crippen LogP contribution in [0.2, 0.25) is 5.02 Å². The highest BCUT2D eigenvalue weighted by Gasteiger charge is 2.24. The second-order valence-electron chi connectivity index (χ2n) is 6.11. The summed E-state index contributed by atoms with van der Waals surface area (Å²) in [6, 6.07) is 7.58. The van der Waals surface area contributed by atoms with Crippen LogP contribution in [0.3, 0.4) is 0 Å². The standard InChI is InChI=1S/C20H13BrClF2N3O2S.C2H6/c1-2-29-20(28)11-4-3-5-14(15(11)23)30-18-12-6-7-13(22)16(24)17(12)27(19(18)21)10-8-25-26-9-10;1-2/h3-9H,2H2,1H3,(H,25,26);1-2H3. The molecule has 0 atom stereocenters. The largest absolute Gasteiger partial charge is 0.462 e. The summed E-state index contributed by atoms with van der Waals surface area (Å²) < 4.78 is 37.0. The number of esters is 1. The van der Waals surface area contributed by atoms with Crippen LogP contribution >= 0.6 is 39.3 Å². The fraction of sp³-hybridized carbons (Fsp3) is 0.182. The van der Waals surface area contributed by atoms with Crippen LogP contribution in [0.4, 0.5) is 8.78 Å². The van der Waals surface area contributed by atoms with Crippen molar-refractivity contribution in [2.45, 2.75) is 30.6 Å². The van der Waals surface area contributed by atoms with Crippen LogP contribution in [0.1, 0.15) is 31.1 Å². The maximum atomic E-state index is 15.0. The van der Waals surface area contributed by atoms with Gasteiger partial charge in [-0.05, 0) is 47.1 Å². The predicted molar refractivity (Wildman–Crippen MR) is 126 cm³/mol. The number of aromatic nitrogens is 3. The number of hydrogen-bond donors (Lipinski definition) is 1. The van der Waals surface area contributed by atoms with Crippen molar-refractivity contribution in [1.29, 1.82) is 0 Å². The third-order valence-corrected chi connectivity index (χ3v) is 6.79. The average molecular weight is 543 g/mol. The molecule has 32 heavy (non-hydrogen) atoms. The van der Waals surface area contributed by atoms with Gasteiger partial charge in [-0.25, -0.2) is 13.6 Å². The fourth-order valence-corrected chi connectivity index (χ4v) is 5.03. The van der Waals surface area contributed by atoms with Crippen molar-refractivity contribution >= 4 is 56.2 Å². The highest BCUT2D eigenvalue weighted by Crippen LogP contribution is 2.45. The van der Waals surface area contributed by atoms with Crippen molar-refractivity contribution in [1.82, 2.24) is 14.8 Å². The minimum absolute atomic E-state index is 0.0377. The molecule has 2 heterocycles. The van der Waals surface area contributed by atoms with Crippen molar-refractivity contribution in [3.63, 3.8) is 0 Å². The number of aromatic amines is 1. The lowest BCUT2D eigenvalue weighted by atomic mass is 10.2. The van der Waals surface area contributed by atoms with Crippen LogP contribution in [0, 0.1) is 11.6 Å². The first-order valence-corrected chi connectivity index (χ1v) is 11.7. The van der Waals surface area contributed by atoms with Gasteiger partial charge in [-0.3, -0.25) is 9.67 Å². The van der Waals surface area contributed by atoms with Gasteiger partial charge >= 0.3 is 5.97 Å². The van der Waals surface area contributed by atoms with Gasteiger partial charge in [-0.2, -0.15) is 5.10 Å². The number of carbonyl (C=O) groups excluding carboxylic acids is 1. The van der Waals surface area contributed by atoms with Gasteiger partial charge < -0.3 is 4.74 Å². The Hall–Kier alpha value is -2.36. The molecule has 0 amide bonds. The average Bonchev–Trinajstić information content (AvgIpc) is 3.41. The van der Waals surface area contributed by atoms with Crippen molar-refractivity contribution in [2.24, 2.45) is 0 Å². The van der Waals surface area contributed by atoms with Crippen LogP contribution in [0.15, 0.2) is 57.1 Å². The van der Waals surface area contributed by atoms with Gasteiger partial charge in [-0.15, -0.1) is 0 Å². The van der Waals surface area contributed by atoms with Crippen LogP contribution in [-0.2, 0) is 4.74 Å². The Bertz CT molecular complexity index is 1260. The first-order chi connectivity index (χ1) is 15.4. The number of nitrogens with zero attached hydrogens (tertiary/aromatic N) is 2. The normalized spacial score (nSPS) is 10.7. The number of halogens is 4. The van der Waals surface area contributed by atoms with Crippen molar-refractivity contribution in [2.75, 3.05) is 6.61 Å². The number of H-pyrrole nitrogens is 1. The summed E-state index contributed by atoms with van der Waals surface area (Å²) in [5.41, 5.74) is 0.631. The van der Waals surface area contributed by atoms with E-state index < -0.39 is 17.6 Å². The Balaban J connectivity index is 0.00000141. The Morgan fingerprint density at radius 3 is 2.66 bits per heavy atom. The molecule has 0 bridgehead atoms. The second kappa shape index (κ2) is 10.5. The third kappa shape index (κ3) is 4.42. The molecule has 0 aliphatic heterocycles. The van der Waals surface area contributed by atoms with Gasteiger partial charge in [0.1, 0.15) is 4.60 Å². The molecule has 0 spiro atoms. The van der Waals surface area contributed by atoms with Crippen LogP contribution in [-0.4, -0.2) is 27.3 Å². The summed E-state index contributed by atoms with van der Waals surface area (Å²) in [6.45, 7) is 5.79. The maximum absolute atomic E-state index is 15.0. The number of hydrogen-bond acceptors (Lipinski definition) is 4. The van der Waals surface area contributed by atoms with Gasteiger partial charge in [0, 0.05) is 16.5 Å². The van der Waals surface area contributed by atoms with Gasteiger partial charge in [-0.1, -0.05) is 43.3 Å². The van der Waals surface area contributed by atoms with E-state index in [1.54, 1.807) is 35.9 Å². The Kier molecular flexibility index (Phi) is 7.97. The smallest absolute Gasteiger partial charge is 0.341 e. The van der Waals surface area contributed by atoms with E-state index in [9.17, 15) is 9.18 Å². The Morgan fingerprint density at radius 1 is 1.25 bits per heavy atom. The monoisotopic (exact) mass is 541 g/mol. The summed E-state index contributed by atoms with van der Waals surface area (Å²) in [4.78, 5) is 12.8. The Morgan fingerprint density at radius 2 is 2.00 bits per heavy atom. The highest BCUT2D eigenvalue weighted by molar-refractivity contribution is 9.10. The quantitative estimate of drug-likeness (QED) is 0.267. The van der Waals surface area contributed by atoms with Crippen LogP contribution < -0.4 is 0 Å². The molecule has 4 aromatic rings. The molecule has 0 unspecified atom stereocenters. The molecular formula is C22H19BrClF2N3O2S. The van der Waals surface area contributed by atoms with Gasteiger partial charge in [0.05, 0.1) is 39.5 Å². The summed E-state index contributed by atoms with van der Waals surface area (Å²) in [5.74, 6) is -2.05. The zero-order valence-electron chi connectivity index (χ0n) is 17.4. The SMILES string of the molecule is CC.CCOC(=O)c1cccc(Sc2c(Br)n(-c3cn[nH]c3)c3c(F)c(Cl)ccc23)c1F. The fourth-order valence-electron chi connectivity index (χ4n) is 3.02. The third-order valence-electron chi connectivity index (χ3n) is 4.33. The molecule has 10 heteroatoms. The lowest BCUT2D eigenvalue weighted by molar-refractivity contribution is 0.0520. The van der Waals surface area contributed by atoms with Gasteiger partial charge in [0.25, 0.3) is 0 Å². The van der Waals surface area contributed by atoms with E-state index in [0.717, 1.165) is 11.8 Å². The number of benzene rings is 2. The van der Waals surface area contributed by atoms with E-state index in [0.29, 0.717) is 20.6 Å². The van der Waals surface area contributed by atoms with E-state index in [4.69, 9.17) is 16.3 Å². The molecular weight excluding hydrogens is 524 g/mol. The first-order valence-electron chi connectivity index (χ1n) is 9.74. The highest BCUT2D eigenvalue weighted by atomic mass is 79.9. The molecule has 168 valence electrons. The summed E-state index contributed by atoms with van der Waals surface area (Å²) in [6.07, 6.45) is 3.13. The zero-order chi connectivity index (χ0) is 23.4. The van der Waals surface area contributed by atoms with E-state index in [1.807, 2.05) is 13.8 Å². The predicted octanol–water partition coefficient (Wildman–Crippen LogP) is 7.40. The molecule has 0 fully saturated rings. The number of rotatable bonds is 5. The van der Waals surface area contributed by atoms with E-state index in [-0.39, 0.29) is 27.6 Å². The molecule has 5 nitrogen and oxygen atoms in total. The number of fused-ring (bicyclic) bond motifs is 1. The molecule has 0 saturated heterocycles. The molecule has 0 saturated carbocycles. The molecule has 2 aromatic heterocycles. The van der Waals surface area contributed by atoms with Gasteiger partial charge in [0.2, 0.25) is 0 Å². The number of nitrogens with one attached hydrogen (secondary N) is 1. The van der Waals surface area contributed by atoms with Crippen LogP contribution in [0.25, 0.3) is 16.6 Å². The molecule has 4 rings (SSSR count). The molecule has 0 radical (unpaired) electrons. The van der Waals surface area contributed by atoms with Gasteiger partial charge in [0.15, 0.2) is 11.6 Å². The van der Waals surface area contributed by atoms with E-state index in [2.05, 4.69) is 26.1 Å². The molecule has 0 aliphatic rings. The number of ether oxygens (including phenoxy) is 1. The lowest BCUT2D eigenvalue weighted by Crippen LogP contribution is -2.07. The second-order valence-corrected chi connectivity index (χ2v) is 8.32. The lowest BCUT2D eigenvalue weighted by Gasteiger charge is -2.08. The van der Waals surface area contributed by atoms with E-state index in [1.165, 1.54) is 18.3 Å². The molecule has 0 aliphatic carbocycles. The van der Waals surface area contributed by atoms with Crippen LogP contribution in [0.5, 0.6) is 0 Å². The molecule has 2 aromatic carbocycles. The first kappa shape index (κ1) is 24.3. The minimum Gasteiger partial charge on any atom is -0.462 e. The summed E-state index contributed by atoms with van der Waals surface area (Å²) in [5, 5.41) is 7.09. The summed E-state index contributed by atoms with van der Waals surface area (Å²) >= 11 is 10.6. The topological polar surface area (TPSA) is 59.9 Å². The molecule has 1 N–H and O–H groups in total. The Labute approximate surface area is 201 Å². The van der Waals surface area contributed by atoms with E-state index >= 15 is 4.39 Å². The van der Waals surface area contributed by atoms with Crippen molar-refractivity contribution in [3.05, 3.63) is 69.5 Å². The van der Waals surface area contributed by atoms with Crippen molar-refractivity contribution < 1.29 is 18.3 Å². The number of carbonyl (C=O) groups is 1. The minimum atomic E-state index is -0.741.